The highest BCUT2D eigenvalue weighted by atomic mass is 16.6. The molecule has 0 fully saturated rings. The van der Waals surface area contributed by atoms with Crippen molar-refractivity contribution in [2.45, 2.75) is 19.8 Å². The number of hydrogen-bond acceptors (Lipinski definition) is 4. The second kappa shape index (κ2) is 6.80. The van der Waals surface area contributed by atoms with Crippen molar-refractivity contribution in [3.8, 4) is 17.6 Å². The van der Waals surface area contributed by atoms with Crippen LogP contribution in [-0.4, -0.2) is 25.7 Å². The molecule has 106 valence electrons. The smallest absolute Gasteiger partial charge is 0.237 e. The number of ether oxygens (including phenoxy) is 2. The summed E-state index contributed by atoms with van der Waals surface area (Å²) in [5.41, 5.74) is 0.896. The van der Waals surface area contributed by atoms with Crippen LogP contribution in [0.2, 0.25) is 0 Å². The molecule has 0 saturated carbocycles. The molecular formula is C15H18N2O3. The Morgan fingerprint density at radius 3 is 2.85 bits per heavy atom. The standard InChI is InChI=1S/C15H18N2O3/c1-2-5-17-15(18)12(10-16)8-11-3-4-13-14(9-11)20-7-6-19-13/h3-4,9,12H,2,5-8H2,1H3,(H,17,18). The molecule has 1 aromatic rings. The molecule has 0 aromatic heterocycles. The van der Waals surface area contributed by atoms with Crippen molar-refractivity contribution in [1.82, 2.24) is 5.32 Å². The minimum atomic E-state index is -0.677. The molecule has 1 aliphatic heterocycles. The normalized spacial score (nSPS) is 14.2. The zero-order chi connectivity index (χ0) is 14.4. The van der Waals surface area contributed by atoms with Gasteiger partial charge < -0.3 is 14.8 Å². The maximum atomic E-state index is 11.8. The lowest BCUT2D eigenvalue weighted by molar-refractivity contribution is -0.123. The molecule has 0 saturated heterocycles. The quantitative estimate of drug-likeness (QED) is 0.886. The van der Waals surface area contributed by atoms with E-state index in [9.17, 15) is 4.79 Å². The Hall–Kier alpha value is -2.22. The number of benzene rings is 1. The van der Waals surface area contributed by atoms with E-state index in [0.717, 1.165) is 12.0 Å². The lowest BCUT2D eigenvalue weighted by atomic mass is 9.99. The van der Waals surface area contributed by atoms with E-state index in [1.54, 1.807) is 0 Å². The predicted octanol–water partition coefficient (Wildman–Crippen LogP) is 1.67. The van der Waals surface area contributed by atoms with E-state index >= 15 is 0 Å². The van der Waals surface area contributed by atoms with Gasteiger partial charge in [-0.05, 0) is 30.5 Å². The lowest BCUT2D eigenvalue weighted by Crippen LogP contribution is -2.31. The summed E-state index contributed by atoms with van der Waals surface area (Å²) in [4.78, 5) is 11.8. The Morgan fingerprint density at radius 1 is 1.40 bits per heavy atom. The highest BCUT2D eigenvalue weighted by Crippen LogP contribution is 2.31. The molecular weight excluding hydrogens is 256 g/mol. The predicted molar refractivity (Wildman–Crippen MR) is 73.5 cm³/mol. The third kappa shape index (κ3) is 3.41. The van der Waals surface area contributed by atoms with E-state index in [4.69, 9.17) is 14.7 Å². The van der Waals surface area contributed by atoms with Crippen LogP contribution in [-0.2, 0) is 11.2 Å². The highest BCUT2D eigenvalue weighted by Gasteiger charge is 2.19. The Kier molecular flexibility index (Phi) is 4.83. The van der Waals surface area contributed by atoms with E-state index < -0.39 is 5.92 Å². The third-order valence-electron chi connectivity index (χ3n) is 3.07. The molecule has 0 radical (unpaired) electrons. The molecule has 0 spiro atoms. The second-order valence-corrected chi connectivity index (χ2v) is 4.65. The fourth-order valence-corrected chi connectivity index (χ4v) is 2.02. The minimum Gasteiger partial charge on any atom is -0.486 e. The van der Waals surface area contributed by atoms with Gasteiger partial charge in [0, 0.05) is 6.54 Å². The Bertz CT molecular complexity index is 522. The first-order chi connectivity index (χ1) is 9.74. The van der Waals surface area contributed by atoms with Crippen molar-refractivity contribution in [3.63, 3.8) is 0 Å². The van der Waals surface area contributed by atoms with Crippen LogP contribution in [0.5, 0.6) is 11.5 Å². The Balaban J connectivity index is 2.04. The first-order valence-electron chi connectivity index (χ1n) is 6.80. The zero-order valence-corrected chi connectivity index (χ0v) is 11.5. The molecule has 1 atom stereocenters. The molecule has 1 aromatic carbocycles. The van der Waals surface area contributed by atoms with Gasteiger partial charge in [0.1, 0.15) is 19.1 Å². The molecule has 1 amide bonds. The summed E-state index contributed by atoms with van der Waals surface area (Å²) in [6, 6.07) is 7.58. The first kappa shape index (κ1) is 14.2. The molecule has 0 aliphatic carbocycles. The van der Waals surface area contributed by atoms with Crippen LogP contribution in [0.25, 0.3) is 0 Å². The van der Waals surface area contributed by atoms with Crippen LogP contribution >= 0.6 is 0 Å². The van der Waals surface area contributed by atoms with Crippen molar-refractivity contribution in [3.05, 3.63) is 23.8 Å². The number of carbonyl (C=O) groups excluding carboxylic acids is 1. The molecule has 5 heteroatoms. The van der Waals surface area contributed by atoms with Gasteiger partial charge in [0.05, 0.1) is 6.07 Å². The largest absolute Gasteiger partial charge is 0.486 e. The number of carbonyl (C=O) groups is 1. The fourth-order valence-electron chi connectivity index (χ4n) is 2.02. The van der Waals surface area contributed by atoms with Gasteiger partial charge >= 0.3 is 0 Å². The zero-order valence-electron chi connectivity index (χ0n) is 11.5. The summed E-state index contributed by atoms with van der Waals surface area (Å²) in [6.45, 7) is 3.64. The Labute approximate surface area is 118 Å². The minimum absolute atomic E-state index is 0.218. The van der Waals surface area contributed by atoms with E-state index in [2.05, 4.69) is 11.4 Å². The highest BCUT2D eigenvalue weighted by molar-refractivity contribution is 5.81. The monoisotopic (exact) mass is 274 g/mol. The molecule has 1 N–H and O–H groups in total. The molecule has 2 rings (SSSR count). The summed E-state index contributed by atoms with van der Waals surface area (Å²) < 4.78 is 10.9. The van der Waals surface area contributed by atoms with Gasteiger partial charge in [-0.15, -0.1) is 0 Å². The average Bonchev–Trinajstić information content (AvgIpc) is 2.50. The number of hydrogen-bond donors (Lipinski definition) is 1. The molecule has 0 bridgehead atoms. The number of nitriles is 1. The molecule has 20 heavy (non-hydrogen) atoms. The maximum absolute atomic E-state index is 11.8. The van der Waals surface area contributed by atoms with Gasteiger partial charge in [0.15, 0.2) is 11.5 Å². The molecule has 5 nitrogen and oxygen atoms in total. The Morgan fingerprint density at radius 2 is 2.15 bits per heavy atom. The molecule has 1 aliphatic rings. The SMILES string of the molecule is CCCNC(=O)C(C#N)Cc1ccc2c(c1)OCCO2. The van der Waals surface area contributed by atoms with Crippen LogP contribution in [0.4, 0.5) is 0 Å². The van der Waals surface area contributed by atoms with E-state index in [-0.39, 0.29) is 5.91 Å². The third-order valence-corrected chi connectivity index (χ3v) is 3.07. The van der Waals surface area contributed by atoms with Gasteiger partial charge in [-0.3, -0.25) is 4.79 Å². The van der Waals surface area contributed by atoms with Crippen molar-refractivity contribution in [2.75, 3.05) is 19.8 Å². The van der Waals surface area contributed by atoms with Crippen LogP contribution in [0.1, 0.15) is 18.9 Å². The van der Waals surface area contributed by atoms with Gasteiger partial charge in [-0.25, -0.2) is 0 Å². The number of nitrogens with one attached hydrogen (secondary N) is 1. The summed E-state index contributed by atoms with van der Waals surface area (Å²) in [6.07, 6.45) is 1.23. The van der Waals surface area contributed by atoms with Crippen molar-refractivity contribution < 1.29 is 14.3 Å². The summed E-state index contributed by atoms with van der Waals surface area (Å²) >= 11 is 0. The summed E-state index contributed by atoms with van der Waals surface area (Å²) in [5.74, 6) is 0.497. The topological polar surface area (TPSA) is 71.4 Å². The van der Waals surface area contributed by atoms with Crippen LogP contribution in [0.15, 0.2) is 18.2 Å². The summed E-state index contributed by atoms with van der Waals surface area (Å²) in [7, 11) is 0. The van der Waals surface area contributed by atoms with Crippen molar-refractivity contribution in [1.29, 1.82) is 5.26 Å². The fraction of sp³-hybridized carbons (Fsp3) is 0.467. The van der Waals surface area contributed by atoms with Gasteiger partial charge in [-0.1, -0.05) is 13.0 Å². The van der Waals surface area contributed by atoms with Gasteiger partial charge in [0.25, 0.3) is 0 Å². The van der Waals surface area contributed by atoms with E-state index in [0.29, 0.717) is 37.7 Å². The number of fused-ring (bicyclic) bond motifs is 1. The maximum Gasteiger partial charge on any atom is 0.237 e. The van der Waals surface area contributed by atoms with Crippen LogP contribution < -0.4 is 14.8 Å². The number of rotatable bonds is 5. The van der Waals surface area contributed by atoms with E-state index in [1.165, 1.54) is 0 Å². The van der Waals surface area contributed by atoms with Gasteiger partial charge in [0.2, 0.25) is 5.91 Å². The van der Waals surface area contributed by atoms with Crippen LogP contribution in [0, 0.1) is 17.2 Å². The van der Waals surface area contributed by atoms with Crippen molar-refractivity contribution in [2.24, 2.45) is 5.92 Å². The molecule has 1 unspecified atom stereocenters. The van der Waals surface area contributed by atoms with E-state index in [1.807, 2.05) is 25.1 Å². The second-order valence-electron chi connectivity index (χ2n) is 4.65. The number of nitrogens with zero attached hydrogens (tertiary/aromatic N) is 1. The van der Waals surface area contributed by atoms with Crippen LogP contribution in [0.3, 0.4) is 0 Å². The number of amides is 1. The summed E-state index contributed by atoms with van der Waals surface area (Å²) in [5, 5.41) is 11.9. The molecule has 1 heterocycles. The average molecular weight is 274 g/mol. The first-order valence-corrected chi connectivity index (χ1v) is 6.80. The van der Waals surface area contributed by atoms with Gasteiger partial charge in [-0.2, -0.15) is 5.26 Å². The van der Waals surface area contributed by atoms with Crippen molar-refractivity contribution >= 4 is 5.91 Å². The lowest BCUT2D eigenvalue weighted by Gasteiger charge is -2.19.